The van der Waals surface area contributed by atoms with Gasteiger partial charge in [0.05, 0.1) is 17.6 Å². The fourth-order valence-electron chi connectivity index (χ4n) is 3.08. The van der Waals surface area contributed by atoms with Gasteiger partial charge in [0.2, 0.25) is 0 Å². The second-order valence-electron chi connectivity index (χ2n) is 6.21. The summed E-state index contributed by atoms with van der Waals surface area (Å²) in [6.07, 6.45) is 3.67. The molecule has 0 aliphatic carbocycles. The molecule has 1 amide bonds. The quantitative estimate of drug-likeness (QED) is 0.915. The Balaban J connectivity index is 1.63. The summed E-state index contributed by atoms with van der Waals surface area (Å²) < 4.78 is 5.74. The number of aromatic nitrogens is 3. The Morgan fingerprint density at radius 2 is 2.13 bits per heavy atom. The van der Waals surface area contributed by atoms with Crippen LogP contribution >= 0.6 is 0 Å². The third kappa shape index (κ3) is 3.51. The maximum absolute atomic E-state index is 12.6. The zero-order valence-corrected chi connectivity index (χ0v) is 13.8. The molecule has 1 fully saturated rings. The number of likely N-dealkylation sites (N-methyl/N-ethyl adjacent to an activating group) is 1. The standard InChI is InChI=1S/C16H23N5O2/c1-11-8-21(9-12(2)23-11)7-6-20(3)16(22)14-13-4-5-17-15(13)19-10-18-14/h4-5,10-12H,6-9H2,1-3H3,(H,17,18,19)/t11-,12+. The van der Waals surface area contributed by atoms with Crippen LogP contribution in [0.2, 0.25) is 0 Å². The van der Waals surface area contributed by atoms with Crippen LogP contribution < -0.4 is 0 Å². The second kappa shape index (κ2) is 6.64. The van der Waals surface area contributed by atoms with E-state index in [0.717, 1.165) is 25.0 Å². The molecule has 0 saturated carbocycles. The van der Waals surface area contributed by atoms with Crippen LogP contribution in [-0.4, -0.2) is 76.1 Å². The first-order valence-electron chi connectivity index (χ1n) is 7.96. The fourth-order valence-corrected chi connectivity index (χ4v) is 3.08. The molecule has 0 spiro atoms. The molecule has 3 heterocycles. The Bertz CT molecular complexity index is 676. The van der Waals surface area contributed by atoms with Crippen LogP contribution in [0.4, 0.5) is 0 Å². The Hall–Kier alpha value is -1.99. The normalized spacial score (nSPS) is 22.4. The summed E-state index contributed by atoms with van der Waals surface area (Å²) in [5.74, 6) is -0.0774. The molecule has 124 valence electrons. The Kier molecular flexibility index (Phi) is 4.58. The third-order valence-electron chi connectivity index (χ3n) is 4.15. The number of H-pyrrole nitrogens is 1. The van der Waals surface area contributed by atoms with Gasteiger partial charge in [0.1, 0.15) is 17.7 Å². The van der Waals surface area contributed by atoms with E-state index in [2.05, 4.69) is 33.7 Å². The van der Waals surface area contributed by atoms with Crippen molar-refractivity contribution in [3.8, 4) is 0 Å². The number of nitrogens with zero attached hydrogens (tertiary/aromatic N) is 4. The number of hydrogen-bond acceptors (Lipinski definition) is 5. The highest BCUT2D eigenvalue weighted by Gasteiger charge is 2.23. The fraction of sp³-hybridized carbons (Fsp3) is 0.562. The van der Waals surface area contributed by atoms with Gasteiger partial charge >= 0.3 is 0 Å². The van der Waals surface area contributed by atoms with Crippen molar-refractivity contribution in [2.45, 2.75) is 26.1 Å². The second-order valence-corrected chi connectivity index (χ2v) is 6.21. The van der Waals surface area contributed by atoms with Crippen molar-refractivity contribution in [3.63, 3.8) is 0 Å². The lowest BCUT2D eigenvalue weighted by Gasteiger charge is -2.36. The lowest BCUT2D eigenvalue weighted by Crippen LogP contribution is -2.48. The van der Waals surface area contributed by atoms with Crippen molar-refractivity contribution in [1.82, 2.24) is 24.8 Å². The molecule has 0 radical (unpaired) electrons. The molecular weight excluding hydrogens is 294 g/mol. The average molecular weight is 317 g/mol. The van der Waals surface area contributed by atoms with Crippen LogP contribution in [-0.2, 0) is 4.74 Å². The summed E-state index contributed by atoms with van der Waals surface area (Å²) in [5, 5.41) is 0.762. The summed E-state index contributed by atoms with van der Waals surface area (Å²) in [7, 11) is 1.82. The lowest BCUT2D eigenvalue weighted by atomic mass is 10.2. The zero-order valence-electron chi connectivity index (χ0n) is 13.8. The van der Waals surface area contributed by atoms with E-state index in [-0.39, 0.29) is 18.1 Å². The highest BCUT2D eigenvalue weighted by molar-refractivity contribution is 6.03. The molecule has 2 aromatic rings. The lowest BCUT2D eigenvalue weighted by molar-refractivity contribution is -0.0685. The van der Waals surface area contributed by atoms with Crippen molar-refractivity contribution >= 4 is 16.9 Å². The van der Waals surface area contributed by atoms with Gasteiger partial charge in [0.15, 0.2) is 0 Å². The minimum atomic E-state index is -0.0774. The number of nitrogens with one attached hydrogen (secondary N) is 1. The predicted octanol–water partition coefficient (Wildman–Crippen LogP) is 1.14. The summed E-state index contributed by atoms with van der Waals surface area (Å²) in [6, 6.07) is 1.84. The molecule has 7 heteroatoms. The number of fused-ring (bicyclic) bond motifs is 1. The molecule has 3 rings (SSSR count). The van der Waals surface area contributed by atoms with Crippen LogP contribution in [0.15, 0.2) is 18.6 Å². The van der Waals surface area contributed by atoms with E-state index in [4.69, 9.17) is 4.74 Å². The smallest absolute Gasteiger partial charge is 0.273 e. The maximum atomic E-state index is 12.6. The highest BCUT2D eigenvalue weighted by atomic mass is 16.5. The summed E-state index contributed by atoms with van der Waals surface area (Å²) in [6.45, 7) is 7.47. The van der Waals surface area contributed by atoms with Crippen molar-refractivity contribution in [2.24, 2.45) is 0 Å². The van der Waals surface area contributed by atoms with E-state index in [0.29, 0.717) is 17.9 Å². The number of hydrogen-bond donors (Lipinski definition) is 1. The van der Waals surface area contributed by atoms with Crippen molar-refractivity contribution in [2.75, 3.05) is 33.2 Å². The first-order chi connectivity index (χ1) is 11.0. The first-order valence-corrected chi connectivity index (χ1v) is 7.96. The van der Waals surface area contributed by atoms with Gasteiger partial charge < -0.3 is 14.6 Å². The summed E-state index contributed by atoms with van der Waals surface area (Å²) >= 11 is 0. The predicted molar refractivity (Wildman–Crippen MR) is 87.3 cm³/mol. The molecule has 1 aliphatic heterocycles. The Morgan fingerprint density at radius 1 is 1.39 bits per heavy atom. The van der Waals surface area contributed by atoms with Gasteiger partial charge in [-0.15, -0.1) is 0 Å². The van der Waals surface area contributed by atoms with Gasteiger partial charge in [-0.1, -0.05) is 0 Å². The van der Waals surface area contributed by atoms with Gasteiger partial charge in [-0.05, 0) is 19.9 Å². The highest BCUT2D eigenvalue weighted by Crippen LogP contribution is 2.15. The van der Waals surface area contributed by atoms with Crippen molar-refractivity contribution < 1.29 is 9.53 Å². The number of carbonyl (C=O) groups excluding carboxylic acids is 1. The number of aromatic amines is 1. The SMILES string of the molecule is C[C@@H]1CN(CCN(C)C(=O)c2ncnc3[nH]ccc23)C[C@H](C)O1. The average Bonchev–Trinajstić information content (AvgIpc) is 2.99. The van der Waals surface area contributed by atoms with Crippen LogP contribution in [0.3, 0.4) is 0 Å². The molecule has 0 unspecified atom stereocenters. The number of carbonyl (C=O) groups is 1. The minimum Gasteiger partial charge on any atom is -0.373 e. The number of rotatable bonds is 4. The zero-order chi connectivity index (χ0) is 16.4. The minimum absolute atomic E-state index is 0.0774. The summed E-state index contributed by atoms with van der Waals surface area (Å²) in [4.78, 5) is 28.0. The molecule has 1 aliphatic rings. The van der Waals surface area contributed by atoms with Crippen molar-refractivity contribution in [3.05, 3.63) is 24.3 Å². The topological polar surface area (TPSA) is 74.4 Å². The van der Waals surface area contributed by atoms with E-state index in [9.17, 15) is 4.79 Å². The largest absolute Gasteiger partial charge is 0.373 e. The van der Waals surface area contributed by atoms with Crippen LogP contribution in [0, 0.1) is 0 Å². The molecular formula is C16H23N5O2. The number of morpholine rings is 1. The van der Waals surface area contributed by atoms with Crippen molar-refractivity contribution in [1.29, 1.82) is 0 Å². The van der Waals surface area contributed by atoms with E-state index in [1.165, 1.54) is 6.33 Å². The molecule has 1 N–H and O–H groups in total. The summed E-state index contributed by atoms with van der Waals surface area (Å²) in [5.41, 5.74) is 1.13. The number of amides is 1. The van der Waals surface area contributed by atoms with Crippen LogP contribution in [0.25, 0.3) is 11.0 Å². The molecule has 1 saturated heterocycles. The third-order valence-corrected chi connectivity index (χ3v) is 4.15. The van der Waals surface area contributed by atoms with E-state index in [1.807, 2.05) is 13.1 Å². The molecule has 0 aromatic carbocycles. The maximum Gasteiger partial charge on any atom is 0.273 e. The van der Waals surface area contributed by atoms with Gasteiger partial charge in [0.25, 0.3) is 5.91 Å². The molecule has 23 heavy (non-hydrogen) atoms. The van der Waals surface area contributed by atoms with Gasteiger partial charge in [-0.3, -0.25) is 9.69 Å². The van der Waals surface area contributed by atoms with E-state index < -0.39 is 0 Å². The Labute approximate surface area is 135 Å². The molecule has 2 atom stereocenters. The van der Waals surface area contributed by atoms with Gasteiger partial charge in [-0.2, -0.15) is 0 Å². The molecule has 7 nitrogen and oxygen atoms in total. The first kappa shape index (κ1) is 15.9. The monoisotopic (exact) mass is 317 g/mol. The van der Waals surface area contributed by atoms with Crippen LogP contribution in [0.1, 0.15) is 24.3 Å². The van der Waals surface area contributed by atoms with Crippen LogP contribution in [0.5, 0.6) is 0 Å². The van der Waals surface area contributed by atoms with E-state index in [1.54, 1.807) is 11.1 Å². The molecule has 0 bridgehead atoms. The van der Waals surface area contributed by atoms with E-state index >= 15 is 0 Å². The van der Waals surface area contributed by atoms with Gasteiger partial charge in [-0.25, -0.2) is 9.97 Å². The molecule has 2 aromatic heterocycles. The van der Waals surface area contributed by atoms with Gasteiger partial charge in [0, 0.05) is 39.4 Å². The Morgan fingerprint density at radius 3 is 2.87 bits per heavy atom. The number of ether oxygens (including phenoxy) is 1.